The van der Waals surface area contributed by atoms with E-state index in [9.17, 15) is 0 Å². The number of rotatable bonds is 5. The third-order valence-corrected chi connectivity index (χ3v) is 3.77. The third-order valence-electron chi connectivity index (χ3n) is 2.37. The van der Waals surface area contributed by atoms with Gasteiger partial charge in [-0.2, -0.15) is 11.8 Å². The van der Waals surface area contributed by atoms with Crippen LogP contribution in [-0.2, 0) is 6.42 Å². The highest BCUT2D eigenvalue weighted by Gasteiger charge is 2.02. The van der Waals surface area contributed by atoms with Crippen LogP contribution >= 0.6 is 11.8 Å². The zero-order chi connectivity index (χ0) is 11.4. The lowest BCUT2D eigenvalue weighted by atomic mass is 10.3. The fourth-order valence-electron chi connectivity index (χ4n) is 1.61. The Bertz CT molecular complexity index is 415. The quantitative estimate of drug-likeness (QED) is 0.802. The number of hydrogen-bond acceptors (Lipinski definition) is 2. The van der Waals surface area contributed by atoms with Crippen LogP contribution in [0.3, 0.4) is 0 Å². The van der Waals surface area contributed by atoms with Gasteiger partial charge in [0.2, 0.25) is 0 Å². The van der Waals surface area contributed by atoms with Crippen LogP contribution < -0.4 is 0 Å². The van der Waals surface area contributed by atoms with Crippen molar-refractivity contribution in [2.45, 2.75) is 20.3 Å². The van der Waals surface area contributed by atoms with Crippen LogP contribution in [0.2, 0.25) is 0 Å². The lowest BCUT2D eigenvalue weighted by Crippen LogP contribution is -1.96. The smallest absolute Gasteiger partial charge is 0.108 e. The molecule has 0 aliphatic carbocycles. The molecule has 0 atom stereocenters. The molecule has 0 aliphatic rings. The van der Waals surface area contributed by atoms with Crippen LogP contribution in [0, 0.1) is 5.92 Å². The summed E-state index contributed by atoms with van der Waals surface area (Å²) in [6.07, 6.45) is 1.03. The average Bonchev–Trinajstić information content (AvgIpc) is 2.66. The van der Waals surface area contributed by atoms with Crippen molar-refractivity contribution in [2.24, 2.45) is 5.92 Å². The molecule has 1 aromatic heterocycles. The maximum absolute atomic E-state index is 4.56. The van der Waals surface area contributed by atoms with Gasteiger partial charge < -0.3 is 4.98 Å². The maximum Gasteiger partial charge on any atom is 0.108 e. The summed E-state index contributed by atoms with van der Waals surface area (Å²) in [4.78, 5) is 7.92. The van der Waals surface area contributed by atoms with Crippen molar-refractivity contribution in [3.8, 4) is 0 Å². The number of aryl methyl sites for hydroxylation is 1. The van der Waals surface area contributed by atoms with Crippen molar-refractivity contribution in [3.05, 3.63) is 30.1 Å². The minimum atomic E-state index is 0.778. The van der Waals surface area contributed by atoms with E-state index < -0.39 is 0 Å². The molecule has 1 aromatic carbocycles. The molecule has 0 amide bonds. The number of aromatic nitrogens is 2. The van der Waals surface area contributed by atoms with Crippen molar-refractivity contribution in [1.29, 1.82) is 0 Å². The molecule has 3 heteroatoms. The normalized spacial score (nSPS) is 11.4. The molecule has 0 fully saturated rings. The summed E-state index contributed by atoms with van der Waals surface area (Å²) in [5.74, 6) is 4.27. The van der Waals surface area contributed by atoms with E-state index in [0.29, 0.717) is 0 Å². The molecule has 0 unspecified atom stereocenters. The Balaban J connectivity index is 1.89. The van der Waals surface area contributed by atoms with Crippen molar-refractivity contribution < 1.29 is 0 Å². The van der Waals surface area contributed by atoms with Crippen LogP contribution in [0.15, 0.2) is 24.3 Å². The van der Waals surface area contributed by atoms with Gasteiger partial charge in [-0.15, -0.1) is 0 Å². The predicted molar refractivity (Wildman–Crippen MR) is 72.0 cm³/mol. The number of aromatic amines is 1. The summed E-state index contributed by atoms with van der Waals surface area (Å²) >= 11 is 2.01. The van der Waals surface area contributed by atoms with Crippen LogP contribution in [0.1, 0.15) is 19.7 Å². The molecule has 2 rings (SSSR count). The Hall–Kier alpha value is -0.960. The first kappa shape index (κ1) is 11.5. The van der Waals surface area contributed by atoms with Crippen molar-refractivity contribution >= 4 is 22.8 Å². The molecule has 0 bridgehead atoms. The van der Waals surface area contributed by atoms with Gasteiger partial charge in [0.25, 0.3) is 0 Å². The minimum absolute atomic E-state index is 0.778. The lowest BCUT2D eigenvalue weighted by Gasteiger charge is -2.02. The van der Waals surface area contributed by atoms with Gasteiger partial charge >= 0.3 is 0 Å². The van der Waals surface area contributed by atoms with E-state index in [1.807, 2.05) is 23.9 Å². The van der Waals surface area contributed by atoms with Gasteiger partial charge in [-0.25, -0.2) is 4.98 Å². The Morgan fingerprint density at radius 2 is 2.12 bits per heavy atom. The number of hydrogen-bond donors (Lipinski definition) is 1. The van der Waals surface area contributed by atoms with E-state index in [1.165, 1.54) is 5.75 Å². The zero-order valence-corrected chi connectivity index (χ0v) is 10.7. The second-order valence-corrected chi connectivity index (χ2v) is 5.57. The number of imidazole rings is 1. The molecule has 86 valence electrons. The fourth-order valence-corrected chi connectivity index (χ4v) is 2.59. The molecule has 0 aliphatic heterocycles. The van der Waals surface area contributed by atoms with Gasteiger partial charge in [0, 0.05) is 12.2 Å². The van der Waals surface area contributed by atoms with Crippen LogP contribution in [0.5, 0.6) is 0 Å². The first-order valence-corrected chi connectivity index (χ1v) is 6.92. The molecule has 2 nitrogen and oxygen atoms in total. The second-order valence-electron chi connectivity index (χ2n) is 4.42. The van der Waals surface area contributed by atoms with Gasteiger partial charge in [0.15, 0.2) is 0 Å². The number of benzene rings is 1. The standard InChI is InChI=1S/C13H18N2S/c1-10(2)9-16-8-7-13-14-11-5-3-4-6-12(11)15-13/h3-6,10H,7-9H2,1-2H3,(H,14,15). The van der Waals surface area contributed by atoms with E-state index >= 15 is 0 Å². The summed E-state index contributed by atoms with van der Waals surface area (Å²) < 4.78 is 0. The second kappa shape index (κ2) is 5.39. The molecule has 0 saturated carbocycles. The Morgan fingerprint density at radius 1 is 1.31 bits per heavy atom. The predicted octanol–water partition coefficient (Wildman–Crippen LogP) is 3.49. The topological polar surface area (TPSA) is 28.7 Å². The van der Waals surface area contributed by atoms with Crippen molar-refractivity contribution in [3.63, 3.8) is 0 Å². The van der Waals surface area contributed by atoms with E-state index in [2.05, 4.69) is 35.9 Å². The lowest BCUT2D eigenvalue weighted by molar-refractivity contribution is 0.750. The summed E-state index contributed by atoms with van der Waals surface area (Å²) in [5.41, 5.74) is 2.22. The first-order valence-electron chi connectivity index (χ1n) is 5.77. The highest BCUT2D eigenvalue weighted by molar-refractivity contribution is 7.99. The molecule has 1 N–H and O–H groups in total. The molecule has 1 heterocycles. The molecule has 0 saturated heterocycles. The van der Waals surface area contributed by atoms with Gasteiger partial charge in [-0.3, -0.25) is 0 Å². The number of fused-ring (bicyclic) bond motifs is 1. The molecular formula is C13H18N2S. The Labute approximate surface area is 101 Å². The molecule has 0 radical (unpaired) electrons. The highest BCUT2D eigenvalue weighted by atomic mass is 32.2. The number of H-pyrrole nitrogens is 1. The van der Waals surface area contributed by atoms with Gasteiger partial charge in [-0.05, 0) is 23.8 Å². The molecular weight excluding hydrogens is 216 g/mol. The van der Waals surface area contributed by atoms with E-state index in [-0.39, 0.29) is 0 Å². The number of nitrogens with one attached hydrogen (secondary N) is 1. The summed E-state index contributed by atoms with van der Waals surface area (Å²) in [5, 5.41) is 0. The first-order chi connectivity index (χ1) is 7.75. The van der Waals surface area contributed by atoms with Crippen molar-refractivity contribution in [1.82, 2.24) is 9.97 Å². The largest absolute Gasteiger partial charge is 0.342 e. The number of para-hydroxylation sites is 2. The van der Waals surface area contributed by atoms with E-state index in [4.69, 9.17) is 0 Å². The third kappa shape index (κ3) is 3.01. The highest BCUT2D eigenvalue weighted by Crippen LogP contribution is 2.13. The maximum atomic E-state index is 4.56. The summed E-state index contributed by atoms with van der Waals surface area (Å²) in [6, 6.07) is 8.20. The van der Waals surface area contributed by atoms with Gasteiger partial charge in [0.05, 0.1) is 11.0 Å². The molecule has 2 aromatic rings. The van der Waals surface area contributed by atoms with Crippen LogP contribution in [-0.4, -0.2) is 21.5 Å². The summed E-state index contributed by atoms with van der Waals surface area (Å²) in [6.45, 7) is 4.52. The van der Waals surface area contributed by atoms with Crippen LogP contribution in [0.25, 0.3) is 11.0 Å². The van der Waals surface area contributed by atoms with Gasteiger partial charge in [0.1, 0.15) is 5.82 Å². The van der Waals surface area contributed by atoms with Crippen LogP contribution in [0.4, 0.5) is 0 Å². The Kier molecular flexibility index (Phi) is 3.88. The van der Waals surface area contributed by atoms with E-state index in [1.54, 1.807) is 0 Å². The fraction of sp³-hybridized carbons (Fsp3) is 0.462. The zero-order valence-electron chi connectivity index (χ0n) is 9.86. The van der Waals surface area contributed by atoms with Crippen molar-refractivity contribution in [2.75, 3.05) is 11.5 Å². The van der Waals surface area contributed by atoms with E-state index in [0.717, 1.165) is 34.9 Å². The minimum Gasteiger partial charge on any atom is -0.342 e. The Morgan fingerprint density at radius 3 is 2.88 bits per heavy atom. The number of thioether (sulfide) groups is 1. The number of nitrogens with zero attached hydrogens (tertiary/aromatic N) is 1. The average molecular weight is 234 g/mol. The monoisotopic (exact) mass is 234 g/mol. The van der Waals surface area contributed by atoms with Gasteiger partial charge in [-0.1, -0.05) is 26.0 Å². The summed E-state index contributed by atoms with van der Waals surface area (Å²) in [7, 11) is 0. The SMILES string of the molecule is CC(C)CSCCc1nc2ccccc2[nH]1. The molecule has 0 spiro atoms. The molecule has 16 heavy (non-hydrogen) atoms.